The molecule has 0 saturated heterocycles. The van der Waals surface area contributed by atoms with Gasteiger partial charge in [-0.15, -0.1) is 11.3 Å². The fourth-order valence-electron chi connectivity index (χ4n) is 2.72. The maximum atomic E-state index is 12.4. The second kappa shape index (κ2) is 8.78. The normalized spacial score (nSPS) is 16.7. The van der Waals surface area contributed by atoms with Gasteiger partial charge in [0.2, 0.25) is 5.91 Å². The number of hydrogen-bond donors (Lipinski definition) is 2. The van der Waals surface area contributed by atoms with Gasteiger partial charge in [-0.05, 0) is 49.5 Å². The van der Waals surface area contributed by atoms with Crippen LogP contribution in [0, 0.1) is 5.92 Å². The van der Waals surface area contributed by atoms with Gasteiger partial charge in [0.05, 0.1) is 0 Å². The standard InChI is InChI=1S/C17H26N2O3S2/c1-13(2)16(19-24(21,22)15-9-6-12-23-15)17(20)18-11-10-14-7-4-3-5-8-14/h6-7,9,12-13,16,19H,3-5,8,10-11H2,1-2H3,(H,18,20)/t16-/m0/s1. The fourth-order valence-corrected chi connectivity index (χ4v) is 5.08. The molecule has 0 spiro atoms. The highest BCUT2D eigenvalue weighted by molar-refractivity contribution is 7.91. The third kappa shape index (κ3) is 5.43. The van der Waals surface area contributed by atoms with Crippen LogP contribution in [0.4, 0.5) is 0 Å². The van der Waals surface area contributed by atoms with Gasteiger partial charge in [0.15, 0.2) is 0 Å². The maximum Gasteiger partial charge on any atom is 0.250 e. The van der Waals surface area contributed by atoms with Crippen molar-refractivity contribution in [2.45, 2.75) is 56.2 Å². The van der Waals surface area contributed by atoms with Crippen molar-refractivity contribution >= 4 is 27.3 Å². The fraction of sp³-hybridized carbons (Fsp3) is 0.588. The van der Waals surface area contributed by atoms with Gasteiger partial charge in [0, 0.05) is 6.54 Å². The van der Waals surface area contributed by atoms with E-state index in [1.165, 1.54) is 24.5 Å². The summed E-state index contributed by atoms with van der Waals surface area (Å²) >= 11 is 1.14. The Morgan fingerprint density at radius 1 is 1.33 bits per heavy atom. The Bertz CT molecular complexity index is 664. The van der Waals surface area contributed by atoms with Gasteiger partial charge in [0.25, 0.3) is 10.0 Å². The molecule has 2 rings (SSSR count). The lowest BCUT2D eigenvalue weighted by molar-refractivity contribution is -0.123. The molecule has 0 fully saturated rings. The molecule has 0 radical (unpaired) electrons. The Labute approximate surface area is 148 Å². The topological polar surface area (TPSA) is 75.3 Å². The number of nitrogens with one attached hydrogen (secondary N) is 2. The molecule has 2 N–H and O–H groups in total. The summed E-state index contributed by atoms with van der Waals surface area (Å²) in [6.07, 6.45) is 7.79. The van der Waals surface area contributed by atoms with Crippen LogP contribution in [0.25, 0.3) is 0 Å². The molecular formula is C17H26N2O3S2. The molecular weight excluding hydrogens is 344 g/mol. The number of sulfonamides is 1. The first-order chi connectivity index (χ1) is 11.4. The Balaban J connectivity index is 1.92. The summed E-state index contributed by atoms with van der Waals surface area (Å²) in [5.41, 5.74) is 1.39. The highest BCUT2D eigenvalue weighted by atomic mass is 32.2. The summed E-state index contributed by atoms with van der Waals surface area (Å²) in [7, 11) is -3.66. The number of allylic oxidation sites excluding steroid dienone is 1. The second-order valence-corrected chi connectivity index (χ2v) is 9.31. The van der Waals surface area contributed by atoms with Gasteiger partial charge in [-0.25, -0.2) is 8.42 Å². The van der Waals surface area contributed by atoms with Crippen molar-refractivity contribution in [1.82, 2.24) is 10.0 Å². The lowest BCUT2D eigenvalue weighted by Crippen LogP contribution is -2.49. The van der Waals surface area contributed by atoms with Crippen LogP contribution in [0.15, 0.2) is 33.4 Å². The summed E-state index contributed by atoms with van der Waals surface area (Å²) in [5, 5.41) is 4.58. The molecule has 24 heavy (non-hydrogen) atoms. The molecule has 1 aliphatic carbocycles. The van der Waals surface area contributed by atoms with Crippen molar-refractivity contribution < 1.29 is 13.2 Å². The third-order valence-electron chi connectivity index (χ3n) is 4.12. The first-order valence-corrected chi connectivity index (χ1v) is 10.8. The van der Waals surface area contributed by atoms with Crippen molar-refractivity contribution in [2.24, 2.45) is 5.92 Å². The van der Waals surface area contributed by atoms with Crippen molar-refractivity contribution in [1.29, 1.82) is 0 Å². The molecule has 1 atom stereocenters. The smallest absolute Gasteiger partial charge is 0.250 e. The zero-order valence-electron chi connectivity index (χ0n) is 14.2. The largest absolute Gasteiger partial charge is 0.354 e. The lowest BCUT2D eigenvalue weighted by atomic mass is 9.97. The number of carbonyl (C=O) groups is 1. The quantitative estimate of drug-likeness (QED) is 0.691. The Kier molecular flexibility index (Phi) is 7.01. The van der Waals surface area contributed by atoms with Gasteiger partial charge in [0.1, 0.15) is 10.3 Å². The molecule has 0 bridgehead atoms. The van der Waals surface area contributed by atoms with E-state index in [0.29, 0.717) is 6.54 Å². The molecule has 134 valence electrons. The SMILES string of the molecule is CC(C)[C@H](NS(=O)(=O)c1cccs1)C(=O)NCCC1=CCCCC1. The zero-order chi connectivity index (χ0) is 17.6. The van der Waals surface area contributed by atoms with Gasteiger partial charge < -0.3 is 5.32 Å². The minimum Gasteiger partial charge on any atom is -0.354 e. The average Bonchev–Trinajstić information content (AvgIpc) is 3.09. The monoisotopic (exact) mass is 370 g/mol. The summed E-state index contributed by atoms with van der Waals surface area (Å²) in [4.78, 5) is 12.4. The molecule has 0 saturated carbocycles. The molecule has 0 aromatic carbocycles. The first kappa shape index (κ1) is 19.1. The molecule has 1 aromatic rings. The van der Waals surface area contributed by atoms with Gasteiger partial charge >= 0.3 is 0 Å². The predicted octanol–water partition coefficient (Wildman–Crippen LogP) is 3.06. The molecule has 1 aromatic heterocycles. The van der Waals surface area contributed by atoms with Crippen LogP contribution in [0.1, 0.15) is 46.0 Å². The maximum absolute atomic E-state index is 12.4. The van der Waals surface area contributed by atoms with Crippen molar-refractivity contribution in [3.8, 4) is 0 Å². The van der Waals surface area contributed by atoms with Gasteiger partial charge in [-0.3, -0.25) is 4.79 Å². The van der Waals surface area contributed by atoms with Crippen molar-refractivity contribution in [3.63, 3.8) is 0 Å². The van der Waals surface area contributed by atoms with E-state index >= 15 is 0 Å². The van der Waals surface area contributed by atoms with E-state index in [1.54, 1.807) is 11.4 Å². The van der Waals surface area contributed by atoms with E-state index in [1.807, 2.05) is 13.8 Å². The summed E-state index contributed by atoms with van der Waals surface area (Å²) in [5.74, 6) is -0.393. The summed E-state index contributed by atoms with van der Waals surface area (Å²) in [6.45, 7) is 4.23. The molecule has 1 amide bonds. The van der Waals surface area contributed by atoms with Crippen LogP contribution in [-0.2, 0) is 14.8 Å². The third-order valence-corrected chi connectivity index (χ3v) is 6.96. The second-order valence-electron chi connectivity index (χ2n) is 6.42. The number of amides is 1. The van der Waals surface area contributed by atoms with E-state index in [4.69, 9.17) is 0 Å². The predicted molar refractivity (Wildman–Crippen MR) is 97.4 cm³/mol. The average molecular weight is 371 g/mol. The Morgan fingerprint density at radius 2 is 2.12 bits per heavy atom. The molecule has 7 heteroatoms. The van der Waals surface area contributed by atoms with E-state index in [-0.39, 0.29) is 16.0 Å². The Hall–Kier alpha value is -1.18. The van der Waals surface area contributed by atoms with Crippen LogP contribution in [-0.4, -0.2) is 26.9 Å². The minimum absolute atomic E-state index is 0.131. The lowest BCUT2D eigenvalue weighted by Gasteiger charge is -2.21. The van der Waals surface area contributed by atoms with Gasteiger partial charge in [-0.2, -0.15) is 4.72 Å². The molecule has 0 unspecified atom stereocenters. The highest BCUT2D eigenvalue weighted by Gasteiger charge is 2.28. The number of thiophene rings is 1. The number of carbonyl (C=O) groups excluding carboxylic acids is 1. The van der Waals surface area contributed by atoms with Crippen LogP contribution in [0.2, 0.25) is 0 Å². The minimum atomic E-state index is -3.66. The van der Waals surface area contributed by atoms with E-state index in [2.05, 4.69) is 16.1 Å². The van der Waals surface area contributed by atoms with Crippen molar-refractivity contribution in [3.05, 3.63) is 29.2 Å². The van der Waals surface area contributed by atoms with Gasteiger partial charge in [-0.1, -0.05) is 31.6 Å². The number of hydrogen-bond acceptors (Lipinski definition) is 4. The molecule has 5 nitrogen and oxygen atoms in total. The van der Waals surface area contributed by atoms with Crippen molar-refractivity contribution in [2.75, 3.05) is 6.54 Å². The Morgan fingerprint density at radius 3 is 2.71 bits per heavy atom. The van der Waals surface area contributed by atoms with Crippen LogP contribution >= 0.6 is 11.3 Å². The van der Waals surface area contributed by atoms with E-state index in [0.717, 1.165) is 30.6 Å². The molecule has 1 aliphatic rings. The van der Waals surface area contributed by atoms with E-state index in [9.17, 15) is 13.2 Å². The van der Waals surface area contributed by atoms with Crippen LogP contribution in [0.5, 0.6) is 0 Å². The molecule has 1 heterocycles. The number of rotatable bonds is 8. The summed E-state index contributed by atoms with van der Waals surface area (Å²) in [6, 6.07) is 2.46. The highest BCUT2D eigenvalue weighted by Crippen LogP contribution is 2.20. The first-order valence-electron chi connectivity index (χ1n) is 8.41. The van der Waals surface area contributed by atoms with Crippen LogP contribution < -0.4 is 10.0 Å². The molecule has 0 aliphatic heterocycles. The van der Waals surface area contributed by atoms with Crippen LogP contribution in [0.3, 0.4) is 0 Å². The summed E-state index contributed by atoms with van der Waals surface area (Å²) < 4.78 is 27.5. The van der Waals surface area contributed by atoms with E-state index < -0.39 is 16.1 Å². The zero-order valence-corrected chi connectivity index (χ0v) is 15.9.